The molecule has 1 aromatic carbocycles. The second kappa shape index (κ2) is 5.83. The highest BCUT2D eigenvalue weighted by atomic mass is 79.9. The molecule has 0 bridgehead atoms. The summed E-state index contributed by atoms with van der Waals surface area (Å²) in [6, 6.07) is 8.10. The van der Waals surface area contributed by atoms with Crippen LogP contribution in [0.5, 0.6) is 11.5 Å². The molecule has 1 aromatic heterocycles. The quantitative estimate of drug-likeness (QED) is 0.824. The van der Waals surface area contributed by atoms with Crippen LogP contribution >= 0.6 is 43.2 Å². The number of para-hydroxylation sites is 1. The number of hydrogen-bond acceptors (Lipinski definition) is 4. The fourth-order valence-corrected chi connectivity index (χ4v) is 4.08. The second-order valence-electron chi connectivity index (χ2n) is 4.09. The van der Waals surface area contributed by atoms with Crippen LogP contribution in [0.15, 0.2) is 32.5 Å². The zero-order valence-corrected chi connectivity index (χ0v) is 13.9. The van der Waals surface area contributed by atoms with Crippen molar-refractivity contribution >= 4 is 43.2 Å². The summed E-state index contributed by atoms with van der Waals surface area (Å²) >= 11 is 8.72. The normalized spacial score (nSPS) is 12.9. The molecule has 2 aromatic rings. The van der Waals surface area contributed by atoms with E-state index in [0.717, 1.165) is 38.4 Å². The van der Waals surface area contributed by atoms with Gasteiger partial charge in [-0.25, -0.2) is 0 Å². The van der Waals surface area contributed by atoms with Gasteiger partial charge in [-0.2, -0.15) is 0 Å². The maximum absolute atomic E-state index is 5.48. The zero-order valence-electron chi connectivity index (χ0n) is 9.91. The van der Waals surface area contributed by atoms with Crippen LogP contribution in [-0.2, 0) is 13.1 Å². The highest BCUT2D eigenvalue weighted by Crippen LogP contribution is 2.35. The third kappa shape index (κ3) is 2.97. The number of benzene rings is 1. The van der Waals surface area contributed by atoms with Gasteiger partial charge in [-0.05, 0) is 44.0 Å². The lowest BCUT2D eigenvalue weighted by atomic mass is 10.2. The molecule has 3 nitrogen and oxygen atoms in total. The van der Waals surface area contributed by atoms with E-state index in [1.54, 1.807) is 11.3 Å². The van der Waals surface area contributed by atoms with Gasteiger partial charge < -0.3 is 14.8 Å². The maximum atomic E-state index is 5.48. The van der Waals surface area contributed by atoms with E-state index >= 15 is 0 Å². The van der Waals surface area contributed by atoms with Crippen LogP contribution in [0.1, 0.15) is 10.4 Å². The highest BCUT2D eigenvalue weighted by Gasteiger charge is 2.16. The van der Waals surface area contributed by atoms with Crippen molar-refractivity contribution in [3.05, 3.63) is 43.0 Å². The summed E-state index contributed by atoms with van der Waals surface area (Å²) in [6.45, 7) is 1.91. The lowest BCUT2D eigenvalue weighted by Crippen LogP contribution is -2.12. The van der Waals surface area contributed by atoms with Crippen molar-refractivity contribution in [3.8, 4) is 11.5 Å². The lowest BCUT2D eigenvalue weighted by molar-refractivity contribution is 0.173. The van der Waals surface area contributed by atoms with Crippen LogP contribution in [0.2, 0.25) is 0 Å². The first-order valence-electron chi connectivity index (χ1n) is 5.76. The monoisotopic (exact) mass is 403 g/mol. The smallest absolute Gasteiger partial charge is 0.231 e. The third-order valence-electron chi connectivity index (χ3n) is 2.79. The predicted octanol–water partition coefficient (Wildman–Crippen LogP) is 4.29. The molecule has 19 heavy (non-hydrogen) atoms. The zero-order chi connectivity index (χ0) is 13.2. The number of thiophene rings is 1. The molecule has 6 heteroatoms. The molecule has 0 atom stereocenters. The van der Waals surface area contributed by atoms with Gasteiger partial charge in [0.15, 0.2) is 11.5 Å². The van der Waals surface area contributed by atoms with E-state index in [1.807, 2.05) is 12.1 Å². The molecule has 1 aliphatic heterocycles. The Labute approximate surface area is 132 Å². The van der Waals surface area contributed by atoms with Crippen LogP contribution in [0.25, 0.3) is 0 Å². The Morgan fingerprint density at radius 2 is 2.11 bits per heavy atom. The molecule has 0 fully saturated rings. The molecule has 100 valence electrons. The average molecular weight is 405 g/mol. The van der Waals surface area contributed by atoms with E-state index in [9.17, 15) is 0 Å². The van der Waals surface area contributed by atoms with E-state index in [0.29, 0.717) is 6.79 Å². The van der Waals surface area contributed by atoms with Gasteiger partial charge in [-0.1, -0.05) is 12.1 Å². The molecule has 1 N–H and O–H groups in total. The molecule has 0 spiro atoms. The Hall–Kier alpha value is -0.560. The van der Waals surface area contributed by atoms with Gasteiger partial charge in [0.1, 0.15) is 0 Å². The van der Waals surface area contributed by atoms with Crippen molar-refractivity contribution in [2.45, 2.75) is 13.1 Å². The van der Waals surface area contributed by atoms with Crippen molar-refractivity contribution < 1.29 is 9.47 Å². The first kappa shape index (κ1) is 13.4. The summed E-state index contributed by atoms with van der Waals surface area (Å²) in [5.74, 6) is 1.70. The number of halogens is 2. The minimum Gasteiger partial charge on any atom is -0.454 e. The molecule has 0 aliphatic carbocycles. The standard InChI is InChI=1S/C13H11Br2NO2S/c14-10-4-9(19-13(10)15)6-16-5-8-2-1-3-11-12(8)18-7-17-11/h1-4,16H,5-7H2. The number of fused-ring (bicyclic) bond motifs is 1. The molecule has 1 aliphatic rings. The maximum Gasteiger partial charge on any atom is 0.231 e. The van der Waals surface area contributed by atoms with Gasteiger partial charge in [-0.15, -0.1) is 11.3 Å². The Morgan fingerprint density at radius 1 is 1.21 bits per heavy atom. The van der Waals surface area contributed by atoms with Crippen molar-refractivity contribution in [2.24, 2.45) is 0 Å². The van der Waals surface area contributed by atoms with E-state index in [-0.39, 0.29) is 0 Å². The minimum atomic E-state index is 0.317. The van der Waals surface area contributed by atoms with Gasteiger partial charge in [0, 0.05) is 28.0 Å². The molecule has 0 saturated carbocycles. The lowest BCUT2D eigenvalue weighted by Gasteiger charge is -2.06. The molecule has 0 saturated heterocycles. The molecule has 0 amide bonds. The molecular weight excluding hydrogens is 394 g/mol. The van der Waals surface area contributed by atoms with Crippen molar-refractivity contribution in [1.82, 2.24) is 5.32 Å². The van der Waals surface area contributed by atoms with Gasteiger partial charge in [-0.3, -0.25) is 0 Å². The SMILES string of the molecule is Brc1cc(CNCc2cccc3c2OCO3)sc1Br. The van der Waals surface area contributed by atoms with Crippen LogP contribution < -0.4 is 14.8 Å². The van der Waals surface area contributed by atoms with Crippen molar-refractivity contribution in [1.29, 1.82) is 0 Å². The topological polar surface area (TPSA) is 30.5 Å². The van der Waals surface area contributed by atoms with Gasteiger partial charge >= 0.3 is 0 Å². The summed E-state index contributed by atoms with van der Waals surface area (Å²) in [7, 11) is 0. The average Bonchev–Trinajstić information content (AvgIpc) is 2.98. The summed E-state index contributed by atoms with van der Waals surface area (Å²) < 4.78 is 13.1. The van der Waals surface area contributed by atoms with E-state index < -0.39 is 0 Å². The fraction of sp³-hybridized carbons (Fsp3) is 0.231. The Bertz CT molecular complexity index is 581. The molecule has 0 radical (unpaired) electrons. The number of rotatable bonds is 4. The molecular formula is C13H11Br2NO2S. The number of hydrogen-bond donors (Lipinski definition) is 1. The molecule has 3 rings (SSSR count). The Balaban J connectivity index is 1.62. The second-order valence-corrected chi connectivity index (χ2v) is 7.40. The molecule has 2 heterocycles. The van der Waals surface area contributed by atoms with Crippen LogP contribution in [-0.4, -0.2) is 6.79 Å². The first-order valence-corrected chi connectivity index (χ1v) is 8.16. The number of ether oxygens (including phenoxy) is 2. The van der Waals surface area contributed by atoms with Crippen LogP contribution in [0.3, 0.4) is 0 Å². The van der Waals surface area contributed by atoms with Crippen molar-refractivity contribution in [2.75, 3.05) is 6.79 Å². The largest absolute Gasteiger partial charge is 0.454 e. The first-order chi connectivity index (χ1) is 9.24. The van der Waals surface area contributed by atoms with E-state index in [4.69, 9.17) is 9.47 Å². The van der Waals surface area contributed by atoms with Gasteiger partial charge in [0.2, 0.25) is 6.79 Å². The summed E-state index contributed by atoms with van der Waals surface area (Å²) in [5, 5.41) is 3.42. The van der Waals surface area contributed by atoms with Crippen LogP contribution in [0.4, 0.5) is 0 Å². The van der Waals surface area contributed by atoms with Gasteiger partial charge in [0.25, 0.3) is 0 Å². The summed E-state index contributed by atoms with van der Waals surface area (Å²) in [6.07, 6.45) is 0. The van der Waals surface area contributed by atoms with E-state index in [2.05, 4.69) is 49.3 Å². The van der Waals surface area contributed by atoms with Crippen molar-refractivity contribution in [3.63, 3.8) is 0 Å². The molecule has 0 unspecified atom stereocenters. The minimum absolute atomic E-state index is 0.317. The summed E-state index contributed by atoms with van der Waals surface area (Å²) in [4.78, 5) is 1.28. The summed E-state index contributed by atoms with van der Waals surface area (Å²) in [5.41, 5.74) is 1.13. The van der Waals surface area contributed by atoms with E-state index in [1.165, 1.54) is 4.88 Å². The predicted molar refractivity (Wildman–Crippen MR) is 82.8 cm³/mol. The highest BCUT2D eigenvalue weighted by molar-refractivity contribution is 9.13. The fourth-order valence-electron chi connectivity index (χ4n) is 1.93. The van der Waals surface area contributed by atoms with Gasteiger partial charge in [0.05, 0.1) is 3.79 Å². The third-order valence-corrected chi connectivity index (χ3v) is 6.05. The Kier molecular flexibility index (Phi) is 4.12. The number of nitrogens with one attached hydrogen (secondary N) is 1. The van der Waals surface area contributed by atoms with Crippen LogP contribution in [0, 0.1) is 0 Å². The Morgan fingerprint density at radius 3 is 2.89 bits per heavy atom.